The zero-order valence-corrected chi connectivity index (χ0v) is 8.76. The number of aryl methyl sites for hydroxylation is 1. The van der Waals surface area contributed by atoms with Gasteiger partial charge >= 0.3 is 0 Å². The van der Waals surface area contributed by atoms with Gasteiger partial charge in [-0.1, -0.05) is 12.1 Å². The Bertz CT molecular complexity index is 334. The second-order valence-corrected chi connectivity index (χ2v) is 2.92. The van der Waals surface area contributed by atoms with Gasteiger partial charge < -0.3 is 9.47 Å². The first-order chi connectivity index (χ1) is 6.70. The maximum absolute atomic E-state index is 7.67. The molecule has 3 nitrogen and oxygen atoms in total. The lowest BCUT2D eigenvalue weighted by molar-refractivity contribution is 0.322. The fourth-order valence-corrected chi connectivity index (χ4v) is 1.32. The standard InChI is InChI=1S/C11H15NO2/c1-4-14-11(12)9-7-5-6-8(2)10(9)13-3/h5-7,12H,4H2,1-3H3. The first-order valence-corrected chi connectivity index (χ1v) is 4.56. The summed E-state index contributed by atoms with van der Waals surface area (Å²) in [5.74, 6) is 0.874. The fourth-order valence-electron chi connectivity index (χ4n) is 1.32. The van der Waals surface area contributed by atoms with Gasteiger partial charge in [0.1, 0.15) is 5.75 Å². The second kappa shape index (κ2) is 4.65. The van der Waals surface area contributed by atoms with Gasteiger partial charge in [-0.3, -0.25) is 5.41 Å². The quantitative estimate of drug-likeness (QED) is 0.591. The molecule has 0 amide bonds. The predicted octanol–water partition coefficient (Wildman–Crippen LogP) is 2.37. The van der Waals surface area contributed by atoms with E-state index in [0.717, 1.165) is 5.56 Å². The molecular weight excluding hydrogens is 178 g/mol. The molecule has 0 heterocycles. The number of hydrogen-bond acceptors (Lipinski definition) is 3. The van der Waals surface area contributed by atoms with Gasteiger partial charge in [0, 0.05) is 0 Å². The van der Waals surface area contributed by atoms with Crippen LogP contribution in [-0.2, 0) is 4.74 Å². The molecule has 0 aliphatic heterocycles. The van der Waals surface area contributed by atoms with E-state index in [9.17, 15) is 0 Å². The molecule has 1 aromatic carbocycles. The lowest BCUT2D eigenvalue weighted by Crippen LogP contribution is -2.07. The lowest BCUT2D eigenvalue weighted by atomic mass is 10.1. The largest absolute Gasteiger partial charge is 0.496 e. The summed E-state index contributed by atoms with van der Waals surface area (Å²) in [5, 5.41) is 7.67. The van der Waals surface area contributed by atoms with E-state index in [0.29, 0.717) is 17.9 Å². The SMILES string of the molecule is CCOC(=N)c1cccc(C)c1OC. The van der Waals surface area contributed by atoms with Crippen molar-refractivity contribution in [2.75, 3.05) is 13.7 Å². The van der Waals surface area contributed by atoms with Gasteiger partial charge in [0.15, 0.2) is 0 Å². The van der Waals surface area contributed by atoms with E-state index in [-0.39, 0.29) is 5.90 Å². The van der Waals surface area contributed by atoms with E-state index in [1.807, 2.05) is 32.0 Å². The van der Waals surface area contributed by atoms with Crippen LogP contribution in [0.2, 0.25) is 0 Å². The minimum absolute atomic E-state index is 0.160. The van der Waals surface area contributed by atoms with E-state index >= 15 is 0 Å². The van der Waals surface area contributed by atoms with E-state index < -0.39 is 0 Å². The Morgan fingerprint density at radius 2 is 2.14 bits per heavy atom. The van der Waals surface area contributed by atoms with Crippen molar-refractivity contribution in [3.8, 4) is 5.75 Å². The van der Waals surface area contributed by atoms with Gasteiger partial charge in [0.25, 0.3) is 0 Å². The Morgan fingerprint density at radius 1 is 1.43 bits per heavy atom. The number of methoxy groups -OCH3 is 1. The van der Waals surface area contributed by atoms with E-state index in [1.54, 1.807) is 7.11 Å². The highest BCUT2D eigenvalue weighted by Gasteiger charge is 2.10. The van der Waals surface area contributed by atoms with Crippen molar-refractivity contribution < 1.29 is 9.47 Å². The molecule has 0 saturated heterocycles. The third-order valence-corrected chi connectivity index (χ3v) is 1.95. The third-order valence-electron chi connectivity index (χ3n) is 1.95. The molecule has 0 aromatic heterocycles. The first kappa shape index (κ1) is 10.6. The van der Waals surface area contributed by atoms with Gasteiger partial charge in [0.05, 0.1) is 19.3 Å². The Labute approximate surface area is 84.2 Å². The molecule has 1 rings (SSSR count). The lowest BCUT2D eigenvalue weighted by Gasteiger charge is -2.11. The summed E-state index contributed by atoms with van der Waals surface area (Å²) in [5.41, 5.74) is 1.71. The number of para-hydroxylation sites is 1. The van der Waals surface area contributed by atoms with Crippen molar-refractivity contribution in [1.82, 2.24) is 0 Å². The highest BCUT2D eigenvalue weighted by molar-refractivity contribution is 5.94. The van der Waals surface area contributed by atoms with Gasteiger partial charge in [0.2, 0.25) is 5.90 Å². The highest BCUT2D eigenvalue weighted by atomic mass is 16.5. The molecule has 0 spiro atoms. The van der Waals surface area contributed by atoms with Gasteiger partial charge in [-0.2, -0.15) is 0 Å². The zero-order valence-electron chi connectivity index (χ0n) is 8.76. The molecule has 0 radical (unpaired) electrons. The van der Waals surface area contributed by atoms with Crippen LogP contribution in [-0.4, -0.2) is 19.6 Å². The molecule has 0 unspecified atom stereocenters. The van der Waals surface area contributed by atoms with Crippen LogP contribution in [0.3, 0.4) is 0 Å². The van der Waals surface area contributed by atoms with Gasteiger partial charge in [-0.15, -0.1) is 0 Å². The molecule has 0 aliphatic rings. The van der Waals surface area contributed by atoms with Crippen LogP contribution >= 0.6 is 0 Å². The van der Waals surface area contributed by atoms with Crippen LogP contribution in [0, 0.1) is 12.3 Å². The summed E-state index contributed by atoms with van der Waals surface area (Å²) in [6.45, 7) is 4.30. The second-order valence-electron chi connectivity index (χ2n) is 2.92. The van der Waals surface area contributed by atoms with Crippen molar-refractivity contribution in [2.24, 2.45) is 0 Å². The zero-order chi connectivity index (χ0) is 10.6. The third kappa shape index (κ3) is 2.05. The predicted molar refractivity (Wildman–Crippen MR) is 56.2 cm³/mol. The van der Waals surface area contributed by atoms with Crippen molar-refractivity contribution in [3.05, 3.63) is 29.3 Å². The average molecular weight is 193 g/mol. The normalized spacial score (nSPS) is 9.64. The van der Waals surface area contributed by atoms with Crippen LogP contribution in [0.1, 0.15) is 18.1 Å². The van der Waals surface area contributed by atoms with E-state index in [2.05, 4.69) is 0 Å². The highest BCUT2D eigenvalue weighted by Crippen LogP contribution is 2.23. The summed E-state index contributed by atoms with van der Waals surface area (Å²) in [6, 6.07) is 5.66. The van der Waals surface area contributed by atoms with Crippen molar-refractivity contribution >= 4 is 5.90 Å². The average Bonchev–Trinajstić information content (AvgIpc) is 2.17. The summed E-state index contributed by atoms with van der Waals surface area (Å²) in [6.07, 6.45) is 0. The van der Waals surface area contributed by atoms with Crippen LogP contribution in [0.25, 0.3) is 0 Å². The van der Waals surface area contributed by atoms with Crippen LogP contribution in [0.15, 0.2) is 18.2 Å². The summed E-state index contributed by atoms with van der Waals surface area (Å²) in [4.78, 5) is 0. The Kier molecular flexibility index (Phi) is 3.51. The van der Waals surface area contributed by atoms with Crippen molar-refractivity contribution in [1.29, 1.82) is 5.41 Å². The van der Waals surface area contributed by atoms with E-state index in [1.165, 1.54) is 0 Å². The Hall–Kier alpha value is -1.51. The van der Waals surface area contributed by atoms with Crippen LogP contribution in [0.4, 0.5) is 0 Å². The molecule has 1 N–H and O–H groups in total. The number of rotatable bonds is 3. The number of ether oxygens (including phenoxy) is 2. The Balaban J connectivity index is 3.07. The Morgan fingerprint density at radius 3 is 2.71 bits per heavy atom. The summed E-state index contributed by atoms with van der Waals surface area (Å²) < 4.78 is 10.4. The molecular formula is C11H15NO2. The van der Waals surface area contributed by atoms with E-state index in [4.69, 9.17) is 14.9 Å². The maximum atomic E-state index is 7.67. The molecule has 0 bridgehead atoms. The smallest absolute Gasteiger partial charge is 0.217 e. The number of nitrogens with one attached hydrogen (secondary N) is 1. The van der Waals surface area contributed by atoms with Crippen LogP contribution in [0.5, 0.6) is 5.75 Å². The minimum atomic E-state index is 0.160. The monoisotopic (exact) mass is 193 g/mol. The molecule has 0 saturated carbocycles. The van der Waals surface area contributed by atoms with Gasteiger partial charge in [-0.05, 0) is 25.5 Å². The molecule has 0 fully saturated rings. The van der Waals surface area contributed by atoms with Gasteiger partial charge in [-0.25, -0.2) is 0 Å². The fraction of sp³-hybridized carbons (Fsp3) is 0.364. The molecule has 76 valence electrons. The molecule has 3 heteroatoms. The summed E-state index contributed by atoms with van der Waals surface area (Å²) >= 11 is 0. The van der Waals surface area contributed by atoms with Crippen LogP contribution < -0.4 is 4.74 Å². The molecule has 1 aromatic rings. The number of benzene rings is 1. The molecule has 14 heavy (non-hydrogen) atoms. The maximum Gasteiger partial charge on any atom is 0.217 e. The topological polar surface area (TPSA) is 42.3 Å². The van der Waals surface area contributed by atoms with Crippen molar-refractivity contribution in [3.63, 3.8) is 0 Å². The van der Waals surface area contributed by atoms with Crippen molar-refractivity contribution in [2.45, 2.75) is 13.8 Å². The summed E-state index contributed by atoms with van der Waals surface area (Å²) in [7, 11) is 1.60. The minimum Gasteiger partial charge on any atom is -0.496 e. The first-order valence-electron chi connectivity index (χ1n) is 4.56. The molecule has 0 atom stereocenters. The molecule has 0 aliphatic carbocycles. The number of hydrogen-bond donors (Lipinski definition) is 1.